The summed E-state index contributed by atoms with van der Waals surface area (Å²) in [4.78, 5) is 14.5. The van der Waals surface area contributed by atoms with Crippen molar-refractivity contribution in [1.82, 2.24) is 23.9 Å². The highest BCUT2D eigenvalue weighted by atomic mass is 15.1. The SMILES string of the molecule is c1ccc(-c2cccc(-n3c(-c4ccccc4)c(-c4ccccc4)c4ccc5c(-c6ccc(-c7cn8cccnc8n7)cc6)cccc5c43)n2)cc1. The molecule has 5 heteroatoms. The molecule has 0 spiro atoms. The third kappa shape index (κ3) is 4.98. The predicted molar refractivity (Wildman–Crippen MR) is 212 cm³/mol. The first-order chi connectivity index (χ1) is 25.8. The van der Waals surface area contributed by atoms with Crippen molar-refractivity contribution in [3.63, 3.8) is 0 Å². The van der Waals surface area contributed by atoms with Crippen LogP contribution >= 0.6 is 0 Å². The van der Waals surface area contributed by atoms with Crippen LogP contribution < -0.4 is 0 Å². The number of benzene rings is 6. The molecule has 4 aromatic heterocycles. The Morgan fingerprint density at radius 1 is 0.423 bits per heavy atom. The molecule has 0 aliphatic carbocycles. The summed E-state index contributed by atoms with van der Waals surface area (Å²) >= 11 is 0. The second-order valence-electron chi connectivity index (χ2n) is 12.9. The van der Waals surface area contributed by atoms with Crippen LogP contribution in [0.15, 0.2) is 188 Å². The van der Waals surface area contributed by atoms with E-state index < -0.39 is 0 Å². The van der Waals surface area contributed by atoms with Crippen molar-refractivity contribution in [2.45, 2.75) is 0 Å². The maximum Gasteiger partial charge on any atom is 0.234 e. The standard InChI is InChI=1S/C47H31N5/c1-4-13-33(14-5-1)41-21-11-22-43(49-41)52-45(36-17-8-3-9-18-36)44(35-15-6-2-7-16-35)40-28-27-38-37(19-10-20-39(38)46(40)52)32-23-25-34(26-24-32)42-31-51-30-12-29-48-47(51)50-42/h1-31H. The Labute approximate surface area is 300 Å². The average Bonchev–Trinajstić information content (AvgIpc) is 3.82. The molecule has 52 heavy (non-hydrogen) atoms. The molecule has 244 valence electrons. The molecule has 5 nitrogen and oxygen atoms in total. The van der Waals surface area contributed by atoms with Crippen LogP contribution in [0.4, 0.5) is 0 Å². The number of pyridine rings is 1. The molecule has 0 aliphatic heterocycles. The quantitative estimate of drug-likeness (QED) is 0.178. The molecule has 0 saturated carbocycles. The van der Waals surface area contributed by atoms with E-state index in [2.05, 4.69) is 167 Å². The minimum Gasteiger partial charge on any atom is -0.293 e. The summed E-state index contributed by atoms with van der Waals surface area (Å²) in [5, 5.41) is 3.52. The maximum absolute atomic E-state index is 5.35. The van der Waals surface area contributed by atoms with Gasteiger partial charge in [-0.3, -0.25) is 8.97 Å². The monoisotopic (exact) mass is 665 g/mol. The molecule has 0 atom stereocenters. The fourth-order valence-corrected chi connectivity index (χ4v) is 7.49. The first-order valence-corrected chi connectivity index (χ1v) is 17.4. The van der Waals surface area contributed by atoms with E-state index >= 15 is 0 Å². The van der Waals surface area contributed by atoms with Crippen LogP contribution in [-0.4, -0.2) is 23.9 Å². The smallest absolute Gasteiger partial charge is 0.234 e. The number of fused-ring (bicyclic) bond motifs is 4. The maximum atomic E-state index is 5.35. The Morgan fingerprint density at radius 2 is 1.08 bits per heavy atom. The van der Waals surface area contributed by atoms with Crippen LogP contribution in [0, 0.1) is 0 Å². The molecule has 0 fully saturated rings. The lowest BCUT2D eigenvalue weighted by Crippen LogP contribution is -2.02. The lowest BCUT2D eigenvalue weighted by atomic mass is 9.94. The van der Waals surface area contributed by atoms with E-state index in [1.165, 1.54) is 21.9 Å². The Hall–Kier alpha value is -7.11. The van der Waals surface area contributed by atoms with Crippen molar-refractivity contribution >= 4 is 27.5 Å². The summed E-state index contributed by atoms with van der Waals surface area (Å²) in [5.41, 5.74) is 12.0. The molecule has 10 rings (SSSR count). The number of hydrogen-bond donors (Lipinski definition) is 0. The Morgan fingerprint density at radius 3 is 1.83 bits per heavy atom. The van der Waals surface area contributed by atoms with Gasteiger partial charge in [0.05, 0.1) is 22.6 Å². The van der Waals surface area contributed by atoms with E-state index in [0.29, 0.717) is 5.78 Å². The first kappa shape index (κ1) is 29.8. The molecule has 0 amide bonds. The van der Waals surface area contributed by atoms with E-state index in [0.717, 1.165) is 61.6 Å². The Balaban J connectivity index is 1.23. The molecular formula is C47H31N5. The van der Waals surface area contributed by atoms with Crippen LogP contribution in [0.1, 0.15) is 0 Å². The summed E-state index contributed by atoms with van der Waals surface area (Å²) in [6.45, 7) is 0. The van der Waals surface area contributed by atoms with Crippen LogP contribution in [0.3, 0.4) is 0 Å². The zero-order chi connectivity index (χ0) is 34.4. The van der Waals surface area contributed by atoms with Crippen LogP contribution in [0.25, 0.3) is 89.3 Å². The van der Waals surface area contributed by atoms with E-state index in [1.54, 1.807) is 6.20 Å². The van der Waals surface area contributed by atoms with E-state index in [4.69, 9.17) is 9.97 Å². The number of nitrogens with zero attached hydrogens (tertiary/aromatic N) is 5. The van der Waals surface area contributed by atoms with Gasteiger partial charge in [-0.15, -0.1) is 0 Å². The zero-order valence-electron chi connectivity index (χ0n) is 28.1. The van der Waals surface area contributed by atoms with Gasteiger partial charge < -0.3 is 0 Å². The van der Waals surface area contributed by atoms with Gasteiger partial charge in [-0.05, 0) is 45.8 Å². The molecule has 0 saturated heterocycles. The summed E-state index contributed by atoms with van der Waals surface area (Å²) in [6.07, 6.45) is 5.76. The Kier molecular flexibility index (Phi) is 7.07. The van der Waals surface area contributed by atoms with Crippen LogP contribution in [0.2, 0.25) is 0 Å². The Bertz CT molecular complexity index is 2840. The fraction of sp³-hybridized carbons (Fsp3) is 0. The van der Waals surface area contributed by atoms with Gasteiger partial charge in [0.2, 0.25) is 5.78 Å². The third-order valence-corrected chi connectivity index (χ3v) is 9.86. The summed E-state index contributed by atoms with van der Waals surface area (Å²) < 4.78 is 4.33. The lowest BCUT2D eigenvalue weighted by molar-refractivity contribution is 1.06. The van der Waals surface area contributed by atoms with Gasteiger partial charge in [-0.1, -0.05) is 152 Å². The van der Waals surface area contributed by atoms with Gasteiger partial charge in [0.15, 0.2) is 0 Å². The van der Waals surface area contributed by atoms with Crippen molar-refractivity contribution in [2.75, 3.05) is 0 Å². The van der Waals surface area contributed by atoms with Gasteiger partial charge in [0.1, 0.15) is 5.82 Å². The third-order valence-electron chi connectivity index (χ3n) is 9.86. The molecule has 0 unspecified atom stereocenters. The largest absolute Gasteiger partial charge is 0.293 e. The molecule has 10 aromatic rings. The van der Waals surface area contributed by atoms with Gasteiger partial charge >= 0.3 is 0 Å². The van der Waals surface area contributed by atoms with Gasteiger partial charge in [0, 0.05) is 46.1 Å². The van der Waals surface area contributed by atoms with E-state index in [1.807, 2.05) is 28.9 Å². The second kappa shape index (κ2) is 12.3. The number of hydrogen-bond acceptors (Lipinski definition) is 3. The molecule has 0 N–H and O–H groups in total. The molecule has 0 bridgehead atoms. The zero-order valence-corrected chi connectivity index (χ0v) is 28.1. The molecule has 4 heterocycles. The average molecular weight is 666 g/mol. The van der Waals surface area contributed by atoms with Crippen molar-refractivity contribution in [3.05, 3.63) is 188 Å². The number of rotatable bonds is 6. The van der Waals surface area contributed by atoms with Crippen LogP contribution in [0.5, 0.6) is 0 Å². The highest BCUT2D eigenvalue weighted by molar-refractivity contribution is 6.18. The first-order valence-electron chi connectivity index (χ1n) is 17.4. The van der Waals surface area contributed by atoms with Gasteiger partial charge in [-0.2, -0.15) is 0 Å². The highest BCUT2D eigenvalue weighted by Crippen LogP contribution is 2.46. The van der Waals surface area contributed by atoms with Crippen molar-refractivity contribution in [3.8, 4) is 61.8 Å². The lowest BCUT2D eigenvalue weighted by Gasteiger charge is -2.15. The minimum atomic E-state index is 0.691. The topological polar surface area (TPSA) is 48.0 Å². The van der Waals surface area contributed by atoms with Crippen molar-refractivity contribution in [2.24, 2.45) is 0 Å². The van der Waals surface area contributed by atoms with Gasteiger partial charge in [0.25, 0.3) is 0 Å². The number of imidazole rings is 1. The van der Waals surface area contributed by atoms with Crippen LogP contribution in [-0.2, 0) is 0 Å². The minimum absolute atomic E-state index is 0.691. The van der Waals surface area contributed by atoms with Gasteiger partial charge in [-0.25, -0.2) is 15.0 Å². The summed E-state index contributed by atoms with van der Waals surface area (Å²) in [5.74, 6) is 1.56. The molecule has 0 aliphatic rings. The molecule has 6 aromatic carbocycles. The highest BCUT2D eigenvalue weighted by Gasteiger charge is 2.24. The van der Waals surface area contributed by atoms with Crippen molar-refractivity contribution in [1.29, 1.82) is 0 Å². The summed E-state index contributed by atoms with van der Waals surface area (Å²) in [6, 6.07) is 60.0. The summed E-state index contributed by atoms with van der Waals surface area (Å²) in [7, 11) is 0. The van der Waals surface area contributed by atoms with Crippen molar-refractivity contribution < 1.29 is 0 Å². The predicted octanol–water partition coefficient (Wildman–Crippen LogP) is 11.6. The second-order valence-corrected chi connectivity index (χ2v) is 12.9. The van der Waals surface area contributed by atoms with E-state index in [9.17, 15) is 0 Å². The number of aromatic nitrogens is 5. The fourth-order valence-electron chi connectivity index (χ4n) is 7.49. The molecular weight excluding hydrogens is 635 g/mol. The molecule has 0 radical (unpaired) electrons. The normalized spacial score (nSPS) is 11.5. The van der Waals surface area contributed by atoms with E-state index in [-0.39, 0.29) is 0 Å².